The van der Waals surface area contributed by atoms with E-state index in [9.17, 15) is 14.0 Å². The molecule has 2 aliphatic heterocycles. The second-order valence-electron chi connectivity index (χ2n) is 9.37. The van der Waals surface area contributed by atoms with Crippen molar-refractivity contribution in [3.63, 3.8) is 0 Å². The van der Waals surface area contributed by atoms with Crippen molar-refractivity contribution in [2.24, 2.45) is 5.92 Å². The minimum absolute atomic E-state index is 0.0382. The van der Waals surface area contributed by atoms with Gasteiger partial charge in [-0.05, 0) is 66.4 Å². The van der Waals surface area contributed by atoms with Gasteiger partial charge in [-0.15, -0.1) is 0 Å². The average molecular weight is 480 g/mol. The molecule has 4 fully saturated rings. The number of carbonyl (C=O) groups excluding carboxylic acids is 2. The maximum Gasteiger partial charge on any atom is 0.246 e. The molecule has 5 rings (SSSR count). The first-order valence-corrected chi connectivity index (χ1v) is 11.5. The Morgan fingerprint density at radius 2 is 1.97 bits per heavy atom. The molecule has 1 aromatic rings. The van der Waals surface area contributed by atoms with Gasteiger partial charge in [-0.3, -0.25) is 14.5 Å². The number of likely N-dealkylation sites (N-methyl/N-ethyl adjacent to an activating group) is 1. The molecule has 0 bridgehead atoms. The fourth-order valence-electron chi connectivity index (χ4n) is 4.89. The van der Waals surface area contributed by atoms with Gasteiger partial charge in [-0.2, -0.15) is 0 Å². The van der Waals surface area contributed by atoms with Gasteiger partial charge in [0, 0.05) is 30.6 Å². The zero-order valence-corrected chi connectivity index (χ0v) is 18.7. The maximum absolute atomic E-state index is 14.3. The molecule has 0 unspecified atom stereocenters. The summed E-state index contributed by atoms with van der Waals surface area (Å²) in [6, 6.07) is 4.38. The Labute approximate surface area is 184 Å². The number of rotatable bonds is 5. The Morgan fingerprint density at radius 3 is 2.53 bits per heavy atom. The number of piperazine rings is 1. The van der Waals surface area contributed by atoms with Crippen molar-refractivity contribution >= 4 is 27.7 Å². The summed E-state index contributed by atoms with van der Waals surface area (Å²) < 4.78 is 19.9. The van der Waals surface area contributed by atoms with E-state index in [-0.39, 0.29) is 29.1 Å². The van der Waals surface area contributed by atoms with Crippen LogP contribution in [0.2, 0.25) is 0 Å². The largest absolute Gasteiger partial charge is 0.380 e. The molecule has 6 nitrogen and oxygen atoms in total. The summed E-state index contributed by atoms with van der Waals surface area (Å²) in [5.74, 6) is -0.734. The van der Waals surface area contributed by atoms with E-state index >= 15 is 0 Å². The second-order valence-corrected chi connectivity index (χ2v) is 10.2. The van der Waals surface area contributed by atoms with Crippen molar-refractivity contribution < 1.29 is 18.7 Å². The van der Waals surface area contributed by atoms with E-state index in [1.807, 2.05) is 11.0 Å². The number of carbonyl (C=O) groups is 2. The molecule has 4 aliphatic rings. The number of benzene rings is 1. The van der Waals surface area contributed by atoms with Gasteiger partial charge in [0.05, 0.1) is 23.6 Å². The van der Waals surface area contributed by atoms with E-state index in [1.54, 1.807) is 6.07 Å². The van der Waals surface area contributed by atoms with Crippen LogP contribution in [-0.2, 0) is 19.7 Å². The Morgan fingerprint density at radius 1 is 1.23 bits per heavy atom. The molecule has 1 aromatic carbocycles. The van der Waals surface area contributed by atoms with Gasteiger partial charge in [0.25, 0.3) is 0 Å². The summed E-state index contributed by atoms with van der Waals surface area (Å²) in [5, 5.41) is 3.05. The number of nitrogens with one attached hydrogen (secondary N) is 1. The standard InChI is InChI=1S/C22H27BrFN3O3/c1-26-8-9-27(13-21(26)4-5-21)20(29)18(25-19(28)14-11-30-12-14)22(6-7-22)15-2-3-16(23)17(24)10-15/h2-3,10,14,18H,4-9,11-13H2,1H3,(H,25,28)/t18-/m0/s1. The molecule has 0 aromatic heterocycles. The summed E-state index contributed by atoms with van der Waals surface area (Å²) in [4.78, 5) is 30.8. The van der Waals surface area contributed by atoms with Crippen molar-refractivity contribution in [2.75, 3.05) is 39.9 Å². The van der Waals surface area contributed by atoms with Crippen LogP contribution in [0.4, 0.5) is 4.39 Å². The molecule has 0 radical (unpaired) electrons. The first-order valence-electron chi connectivity index (χ1n) is 10.7. The number of nitrogens with zero attached hydrogens (tertiary/aromatic N) is 2. The van der Waals surface area contributed by atoms with E-state index in [0.717, 1.165) is 37.8 Å². The van der Waals surface area contributed by atoms with Gasteiger partial charge >= 0.3 is 0 Å². The Bertz CT molecular complexity index is 882. The lowest BCUT2D eigenvalue weighted by molar-refractivity contribution is -0.146. The van der Waals surface area contributed by atoms with Crippen LogP contribution in [0.5, 0.6) is 0 Å². The van der Waals surface area contributed by atoms with Crippen molar-refractivity contribution in [2.45, 2.75) is 42.7 Å². The molecular formula is C22H27BrFN3O3. The molecule has 1 spiro atoms. The number of halogens is 2. The third-order valence-corrected chi connectivity index (χ3v) is 8.16. The SMILES string of the molecule is CN1CCN(C(=O)[C@H](NC(=O)C2COC2)C2(c3ccc(Br)c(F)c3)CC2)CC12CC2. The van der Waals surface area contributed by atoms with Crippen LogP contribution in [0.3, 0.4) is 0 Å². The smallest absolute Gasteiger partial charge is 0.246 e. The highest BCUT2D eigenvalue weighted by Crippen LogP contribution is 2.52. The monoisotopic (exact) mass is 479 g/mol. The molecule has 2 heterocycles. The van der Waals surface area contributed by atoms with Crippen LogP contribution < -0.4 is 5.32 Å². The highest BCUT2D eigenvalue weighted by Gasteiger charge is 2.58. The quantitative estimate of drug-likeness (QED) is 0.701. The molecule has 8 heteroatoms. The minimum atomic E-state index is -0.676. The summed E-state index contributed by atoms with van der Waals surface area (Å²) in [6.07, 6.45) is 3.72. The third kappa shape index (κ3) is 3.37. The zero-order valence-electron chi connectivity index (χ0n) is 17.1. The number of ether oxygens (including phenoxy) is 1. The topological polar surface area (TPSA) is 61.9 Å². The van der Waals surface area contributed by atoms with Gasteiger partial charge in [0.2, 0.25) is 11.8 Å². The fraction of sp³-hybridized carbons (Fsp3) is 0.636. The van der Waals surface area contributed by atoms with Crippen LogP contribution in [0.15, 0.2) is 22.7 Å². The van der Waals surface area contributed by atoms with Crippen LogP contribution in [0.25, 0.3) is 0 Å². The Balaban J connectivity index is 1.43. The zero-order chi connectivity index (χ0) is 21.1. The molecule has 30 heavy (non-hydrogen) atoms. The van der Waals surface area contributed by atoms with E-state index in [4.69, 9.17) is 4.74 Å². The lowest BCUT2D eigenvalue weighted by Crippen LogP contribution is -2.62. The second kappa shape index (κ2) is 7.28. The van der Waals surface area contributed by atoms with E-state index in [1.165, 1.54) is 6.07 Å². The van der Waals surface area contributed by atoms with E-state index < -0.39 is 11.5 Å². The fourth-order valence-corrected chi connectivity index (χ4v) is 5.13. The molecular weight excluding hydrogens is 453 g/mol. The molecule has 2 aliphatic carbocycles. The van der Waals surface area contributed by atoms with E-state index in [0.29, 0.717) is 30.8 Å². The molecule has 162 valence electrons. The highest BCUT2D eigenvalue weighted by molar-refractivity contribution is 9.10. The van der Waals surface area contributed by atoms with Gasteiger partial charge < -0.3 is 15.0 Å². The van der Waals surface area contributed by atoms with Crippen molar-refractivity contribution in [3.05, 3.63) is 34.1 Å². The molecule has 2 saturated heterocycles. The van der Waals surface area contributed by atoms with Gasteiger partial charge in [-0.1, -0.05) is 6.07 Å². The first kappa shape index (κ1) is 20.4. The summed E-state index contributed by atoms with van der Waals surface area (Å²) in [6.45, 7) is 2.98. The number of amides is 2. The molecule has 2 saturated carbocycles. The third-order valence-electron chi connectivity index (χ3n) is 7.52. The average Bonchev–Trinajstić information content (AvgIpc) is 3.59. The molecule has 1 N–H and O–H groups in total. The van der Waals surface area contributed by atoms with Crippen molar-refractivity contribution in [1.82, 2.24) is 15.1 Å². The molecule has 2 amide bonds. The van der Waals surface area contributed by atoms with Crippen LogP contribution in [-0.4, -0.2) is 73.1 Å². The predicted molar refractivity (Wildman–Crippen MR) is 112 cm³/mol. The molecule has 1 atom stereocenters. The summed E-state index contributed by atoms with van der Waals surface area (Å²) >= 11 is 3.21. The van der Waals surface area contributed by atoms with Gasteiger partial charge in [0.1, 0.15) is 11.9 Å². The highest BCUT2D eigenvalue weighted by atomic mass is 79.9. The summed E-state index contributed by atoms with van der Waals surface area (Å²) in [5.41, 5.74) is 0.339. The predicted octanol–water partition coefficient (Wildman–Crippen LogP) is 2.06. The van der Waals surface area contributed by atoms with Gasteiger partial charge in [0.15, 0.2) is 0 Å². The number of hydrogen-bond donors (Lipinski definition) is 1. The summed E-state index contributed by atoms with van der Waals surface area (Å²) in [7, 11) is 2.12. The number of hydrogen-bond acceptors (Lipinski definition) is 4. The lowest BCUT2D eigenvalue weighted by atomic mass is 9.86. The Hall–Kier alpha value is -1.51. The first-order chi connectivity index (χ1) is 14.3. The van der Waals surface area contributed by atoms with Crippen molar-refractivity contribution in [3.8, 4) is 0 Å². The minimum Gasteiger partial charge on any atom is -0.380 e. The lowest BCUT2D eigenvalue weighted by Gasteiger charge is -2.42. The normalized spacial score (nSPS) is 25.5. The van der Waals surface area contributed by atoms with E-state index in [2.05, 4.69) is 33.2 Å². The van der Waals surface area contributed by atoms with Crippen LogP contribution in [0.1, 0.15) is 31.2 Å². The Kier molecular flexibility index (Phi) is 4.95. The van der Waals surface area contributed by atoms with Gasteiger partial charge in [-0.25, -0.2) is 4.39 Å². The van der Waals surface area contributed by atoms with Crippen molar-refractivity contribution in [1.29, 1.82) is 0 Å². The van der Waals surface area contributed by atoms with Crippen LogP contribution >= 0.6 is 15.9 Å². The maximum atomic E-state index is 14.3. The van der Waals surface area contributed by atoms with Crippen LogP contribution in [0, 0.1) is 11.7 Å².